The van der Waals surface area contributed by atoms with E-state index < -0.39 is 0 Å². The summed E-state index contributed by atoms with van der Waals surface area (Å²) in [6.07, 6.45) is 4.49. The minimum atomic E-state index is -0.0742. The molecule has 2 amide bonds. The molecule has 4 aromatic rings. The zero-order valence-electron chi connectivity index (χ0n) is 17.0. The van der Waals surface area contributed by atoms with Crippen molar-refractivity contribution in [2.75, 3.05) is 6.54 Å². The molecule has 7 heteroatoms. The summed E-state index contributed by atoms with van der Waals surface area (Å²) in [4.78, 5) is 31.3. The number of rotatable bonds is 3. The molecule has 0 spiro atoms. The van der Waals surface area contributed by atoms with E-state index in [0.29, 0.717) is 17.8 Å². The average molecular weight is 413 g/mol. The number of benzene rings is 2. The number of aromatic nitrogens is 3. The molecule has 2 aromatic carbocycles. The normalized spacial score (nSPS) is 22.8. The van der Waals surface area contributed by atoms with Crippen LogP contribution >= 0.6 is 0 Å². The Morgan fingerprint density at radius 3 is 2.84 bits per heavy atom. The SMILES string of the molecule is O=C(NC1CCC2CC1CN2C(=O)c1ccc2[nH]ncc2c1)c1cc2ccccc2[nH]1. The second kappa shape index (κ2) is 6.97. The fourth-order valence-electron chi connectivity index (χ4n) is 5.25. The van der Waals surface area contributed by atoms with Crippen LogP contribution in [0.2, 0.25) is 0 Å². The number of carbonyl (C=O) groups excluding carboxylic acids is 2. The summed E-state index contributed by atoms with van der Waals surface area (Å²) in [5, 5.41) is 12.2. The zero-order chi connectivity index (χ0) is 20.9. The van der Waals surface area contributed by atoms with E-state index in [0.717, 1.165) is 41.1 Å². The van der Waals surface area contributed by atoms with Crippen LogP contribution in [0, 0.1) is 5.92 Å². The topological polar surface area (TPSA) is 93.9 Å². The quantitative estimate of drug-likeness (QED) is 0.480. The van der Waals surface area contributed by atoms with Gasteiger partial charge in [-0.05, 0) is 55.5 Å². The lowest BCUT2D eigenvalue weighted by atomic mass is 9.85. The van der Waals surface area contributed by atoms with Gasteiger partial charge in [-0.2, -0.15) is 5.10 Å². The number of hydrogen-bond donors (Lipinski definition) is 3. The fraction of sp³-hybridized carbons (Fsp3) is 0.292. The second-order valence-corrected chi connectivity index (χ2v) is 8.71. The fourth-order valence-corrected chi connectivity index (χ4v) is 5.25. The monoisotopic (exact) mass is 413 g/mol. The third kappa shape index (κ3) is 3.08. The first-order chi connectivity index (χ1) is 15.2. The molecule has 6 rings (SSSR count). The van der Waals surface area contributed by atoms with E-state index in [1.54, 1.807) is 6.20 Å². The van der Waals surface area contributed by atoms with Gasteiger partial charge in [0.1, 0.15) is 5.69 Å². The van der Waals surface area contributed by atoms with Gasteiger partial charge >= 0.3 is 0 Å². The first-order valence-electron chi connectivity index (χ1n) is 10.8. The third-order valence-corrected chi connectivity index (χ3v) is 6.87. The van der Waals surface area contributed by atoms with Crippen molar-refractivity contribution in [3.8, 4) is 0 Å². The van der Waals surface area contributed by atoms with Crippen molar-refractivity contribution in [2.45, 2.75) is 31.3 Å². The molecule has 2 aliphatic rings. The summed E-state index contributed by atoms with van der Waals surface area (Å²) in [5.41, 5.74) is 3.17. The van der Waals surface area contributed by atoms with Crippen molar-refractivity contribution in [1.82, 2.24) is 25.4 Å². The van der Waals surface area contributed by atoms with Crippen LogP contribution in [0.15, 0.2) is 54.7 Å². The van der Waals surface area contributed by atoms with Gasteiger partial charge in [0.2, 0.25) is 0 Å². The second-order valence-electron chi connectivity index (χ2n) is 8.71. The van der Waals surface area contributed by atoms with Crippen LogP contribution in [-0.4, -0.2) is 50.5 Å². The molecule has 3 atom stereocenters. The Morgan fingerprint density at radius 2 is 1.94 bits per heavy atom. The molecule has 2 aromatic heterocycles. The van der Waals surface area contributed by atoms with Crippen molar-refractivity contribution in [1.29, 1.82) is 0 Å². The standard InChI is InChI=1S/C24H23N5O2/c30-23(22-11-14-3-1-2-4-19(14)26-22)27-20-8-6-18-10-17(20)13-29(18)24(31)15-5-7-21-16(9-15)12-25-28-21/h1-5,7,9,11-12,17-18,20,26H,6,8,10,13H2,(H,25,28)(H,27,30). The maximum absolute atomic E-state index is 13.2. The van der Waals surface area contributed by atoms with Gasteiger partial charge in [0.25, 0.3) is 11.8 Å². The Morgan fingerprint density at radius 1 is 1.03 bits per heavy atom. The number of para-hydroxylation sites is 1. The number of carbonyl (C=O) groups is 2. The smallest absolute Gasteiger partial charge is 0.267 e. The predicted molar refractivity (Wildman–Crippen MR) is 118 cm³/mol. The number of aromatic amines is 2. The molecule has 3 N–H and O–H groups in total. The molecule has 1 saturated heterocycles. The third-order valence-electron chi connectivity index (χ3n) is 6.87. The van der Waals surface area contributed by atoms with Crippen LogP contribution in [0.5, 0.6) is 0 Å². The van der Waals surface area contributed by atoms with Crippen LogP contribution in [0.4, 0.5) is 0 Å². The summed E-state index contributed by atoms with van der Waals surface area (Å²) in [6, 6.07) is 15.8. The first kappa shape index (κ1) is 18.2. The molecule has 2 fully saturated rings. The first-order valence-corrected chi connectivity index (χ1v) is 10.8. The highest BCUT2D eigenvalue weighted by molar-refractivity contribution is 5.99. The minimum Gasteiger partial charge on any atom is -0.351 e. The van der Waals surface area contributed by atoms with Crippen LogP contribution in [0.3, 0.4) is 0 Å². The largest absolute Gasteiger partial charge is 0.351 e. The van der Waals surface area contributed by atoms with Gasteiger partial charge in [0, 0.05) is 40.5 Å². The van der Waals surface area contributed by atoms with Crippen molar-refractivity contribution in [3.63, 3.8) is 0 Å². The van der Waals surface area contributed by atoms with Gasteiger partial charge in [0.15, 0.2) is 0 Å². The molecule has 3 heterocycles. The Hall–Kier alpha value is -3.61. The van der Waals surface area contributed by atoms with E-state index in [1.807, 2.05) is 53.4 Å². The highest BCUT2D eigenvalue weighted by Crippen LogP contribution is 2.37. The van der Waals surface area contributed by atoms with E-state index in [2.05, 4.69) is 20.5 Å². The highest BCUT2D eigenvalue weighted by Gasteiger charge is 2.43. The lowest BCUT2D eigenvalue weighted by Gasteiger charge is -2.29. The summed E-state index contributed by atoms with van der Waals surface area (Å²) in [5.74, 6) is 0.279. The number of likely N-dealkylation sites (tertiary alicyclic amines) is 1. The van der Waals surface area contributed by atoms with Gasteiger partial charge < -0.3 is 15.2 Å². The molecular weight excluding hydrogens is 390 g/mol. The zero-order valence-corrected chi connectivity index (χ0v) is 17.0. The molecule has 7 nitrogen and oxygen atoms in total. The molecule has 1 saturated carbocycles. The number of hydrogen-bond acceptors (Lipinski definition) is 3. The molecule has 2 bridgehead atoms. The number of H-pyrrole nitrogens is 2. The Balaban J connectivity index is 1.17. The molecule has 3 unspecified atom stereocenters. The van der Waals surface area contributed by atoms with Gasteiger partial charge in [-0.15, -0.1) is 0 Å². The number of fused-ring (bicyclic) bond motifs is 4. The van der Waals surface area contributed by atoms with E-state index in [-0.39, 0.29) is 29.8 Å². The Bertz CT molecular complexity index is 1270. The number of nitrogens with one attached hydrogen (secondary N) is 3. The maximum atomic E-state index is 13.2. The van der Waals surface area contributed by atoms with Crippen LogP contribution in [0.1, 0.15) is 40.1 Å². The van der Waals surface area contributed by atoms with Gasteiger partial charge in [0.05, 0.1) is 11.7 Å². The highest BCUT2D eigenvalue weighted by atomic mass is 16.2. The summed E-state index contributed by atoms with van der Waals surface area (Å²) in [7, 11) is 0. The minimum absolute atomic E-state index is 0.0678. The average Bonchev–Trinajstić information content (AvgIpc) is 3.51. The molecular formula is C24H23N5O2. The van der Waals surface area contributed by atoms with Crippen molar-refractivity contribution in [2.24, 2.45) is 5.92 Å². The van der Waals surface area contributed by atoms with E-state index in [1.165, 1.54) is 0 Å². The van der Waals surface area contributed by atoms with E-state index in [4.69, 9.17) is 0 Å². The van der Waals surface area contributed by atoms with Gasteiger partial charge in [-0.3, -0.25) is 14.7 Å². The van der Waals surface area contributed by atoms with E-state index in [9.17, 15) is 9.59 Å². The maximum Gasteiger partial charge on any atom is 0.267 e. The lowest BCUT2D eigenvalue weighted by molar-refractivity contribution is 0.0732. The molecule has 156 valence electrons. The lowest BCUT2D eigenvalue weighted by Crippen LogP contribution is -2.42. The molecule has 0 radical (unpaired) electrons. The number of amides is 2. The molecule has 31 heavy (non-hydrogen) atoms. The summed E-state index contributed by atoms with van der Waals surface area (Å²) >= 11 is 0. The van der Waals surface area contributed by atoms with Crippen molar-refractivity contribution < 1.29 is 9.59 Å². The van der Waals surface area contributed by atoms with Gasteiger partial charge in [-0.25, -0.2) is 0 Å². The summed E-state index contributed by atoms with van der Waals surface area (Å²) in [6.45, 7) is 0.685. The van der Waals surface area contributed by atoms with Gasteiger partial charge in [-0.1, -0.05) is 18.2 Å². The Labute approximate surface area is 178 Å². The van der Waals surface area contributed by atoms with Crippen LogP contribution in [-0.2, 0) is 0 Å². The van der Waals surface area contributed by atoms with Crippen LogP contribution < -0.4 is 5.32 Å². The van der Waals surface area contributed by atoms with E-state index >= 15 is 0 Å². The molecule has 1 aliphatic carbocycles. The van der Waals surface area contributed by atoms with Crippen molar-refractivity contribution >= 4 is 33.6 Å². The van der Waals surface area contributed by atoms with Crippen molar-refractivity contribution in [3.05, 3.63) is 66.0 Å². The number of nitrogens with zero attached hydrogens (tertiary/aromatic N) is 2. The van der Waals surface area contributed by atoms with Crippen LogP contribution in [0.25, 0.3) is 21.8 Å². The summed E-state index contributed by atoms with van der Waals surface area (Å²) < 4.78 is 0. The predicted octanol–water partition coefficient (Wildman–Crippen LogP) is 3.47. The molecule has 1 aliphatic heterocycles. The Kier molecular flexibility index (Phi) is 4.09.